The summed E-state index contributed by atoms with van der Waals surface area (Å²) in [6.07, 6.45) is 49.7. The Labute approximate surface area is 371 Å². The second kappa shape index (κ2) is 46.2. The van der Waals surface area contributed by atoms with Crippen LogP contribution in [0, 0.1) is 0 Å². The van der Waals surface area contributed by atoms with E-state index in [1.165, 1.54) is 186 Å². The average Bonchev–Trinajstić information content (AvgIpc) is 3.23. The largest absolute Gasteiger partial charge is 0.472 e. The number of aliphatic hydroxyl groups is 2. The molecule has 0 spiro atoms. The fourth-order valence-corrected chi connectivity index (χ4v) is 8.76. The first-order valence-electron chi connectivity index (χ1n) is 25.9. The third-order valence-corrected chi connectivity index (χ3v) is 12.9. The zero-order chi connectivity index (χ0) is 44.0. The smallest absolute Gasteiger partial charge is 0.393 e. The van der Waals surface area contributed by atoms with Gasteiger partial charge in [-0.2, -0.15) is 0 Å². The van der Waals surface area contributed by atoms with Gasteiger partial charge in [0.2, 0.25) is 5.91 Å². The van der Waals surface area contributed by atoms with Gasteiger partial charge in [0.1, 0.15) is 0 Å². The number of phosphoric acid groups is 1. The highest BCUT2D eigenvalue weighted by Gasteiger charge is 2.28. The Balaban J connectivity index is 4.14. The van der Waals surface area contributed by atoms with Crippen LogP contribution in [-0.2, 0) is 18.4 Å². The highest BCUT2D eigenvalue weighted by molar-refractivity contribution is 7.47. The maximum Gasteiger partial charge on any atom is 0.472 e. The van der Waals surface area contributed by atoms with Crippen LogP contribution >= 0.6 is 7.82 Å². The number of allylic oxidation sites excluding steroid dienone is 2. The van der Waals surface area contributed by atoms with E-state index in [-0.39, 0.29) is 26.2 Å². The van der Waals surface area contributed by atoms with E-state index in [4.69, 9.17) is 14.8 Å². The molecule has 1 amide bonds. The molecule has 0 fully saturated rings. The van der Waals surface area contributed by atoms with Crippen LogP contribution in [-0.4, -0.2) is 59.0 Å². The van der Waals surface area contributed by atoms with Gasteiger partial charge in [0.05, 0.1) is 37.9 Å². The van der Waals surface area contributed by atoms with Gasteiger partial charge in [-0.1, -0.05) is 231 Å². The zero-order valence-corrected chi connectivity index (χ0v) is 40.5. The van der Waals surface area contributed by atoms with Crippen LogP contribution in [0.4, 0.5) is 0 Å². The first kappa shape index (κ1) is 59.2. The molecule has 0 aliphatic heterocycles. The molecular formula is C50H101N2O7P. The van der Waals surface area contributed by atoms with Gasteiger partial charge in [0.25, 0.3) is 0 Å². The van der Waals surface area contributed by atoms with Crippen LogP contribution in [0.2, 0.25) is 0 Å². The van der Waals surface area contributed by atoms with Crippen molar-refractivity contribution in [3.8, 4) is 0 Å². The van der Waals surface area contributed by atoms with Crippen molar-refractivity contribution >= 4 is 13.7 Å². The van der Waals surface area contributed by atoms with Gasteiger partial charge in [0.15, 0.2) is 0 Å². The zero-order valence-electron chi connectivity index (χ0n) is 39.6. The summed E-state index contributed by atoms with van der Waals surface area (Å²) in [6, 6.07) is -0.897. The van der Waals surface area contributed by atoms with Crippen LogP contribution in [0.1, 0.15) is 264 Å². The predicted octanol–water partition coefficient (Wildman–Crippen LogP) is 14.1. The molecule has 6 N–H and O–H groups in total. The highest BCUT2D eigenvalue weighted by atomic mass is 31.2. The summed E-state index contributed by atoms with van der Waals surface area (Å²) in [4.78, 5) is 22.9. The molecule has 0 rings (SSSR count). The van der Waals surface area contributed by atoms with Crippen molar-refractivity contribution < 1.29 is 33.5 Å². The number of nitrogens with two attached hydrogens (primary N) is 1. The third-order valence-electron chi connectivity index (χ3n) is 11.9. The average molecular weight is 873 g/mol. The Bertz CT molecular complexity index is 971. The first-order chi connectivity index (χ1) is 29.3. The van der Waals surface area contributed by atoms with Gasteiger partial charge in [-0.3, -0.25) is 13.8 Å². The van der Waals surface area contributed by atoms with Crippen molar-refractivity contribution in [2.75, 3.05) is 19.8 Å². The summed E-state index contributed by atoms with van der Waals surface area (Å²) >= 11 is 0. The third kappa shape index (κ3) is 43.8. The summed E-state index contributed by atoms with van der Waals surface area (Å²) in [7, 11) is -4.38. The highest BCUT2D eigenvalue weighted by Crippen LogP contribution is 2.43. The Kier molecular flexibility index (Phi) is 45.6. The minimum absolute atomic E-state index is 0.0604. The van der Waals surface area contributed by atoms with Gasteiger partial charge in [-0.15, -0.1) is 0 Å². The van der Waals surface area contributed by atoms with E-state index in [9.17, 15) is 24.5 Å². The Morgan fingerprint density at radius 1 is 0.550 bits per heavy atom. The van der Waals surface area contributed by atoms with E-state index in [0.29, 0.717) is 12.8 Å². The molecule has 0 bridgehead atoms. The van der Waals surface area contributed by atoms with Gasteiger partial charge in [-0.05, 0) is 38.5 Å². The molecule has 0 aromatic carbocycles. The molecule has 0 saturated carbocycles. The maximum atomic E-state index is 12.9. The van der Waals surface area contributed by atoms with Crippen LogP contribution < -0.4 is 11.1 Å². The van der Waals surface area contributed by atoms with Crippen molar-refractivity contribution in [3.63, 3.8) is 0 Å². The second-order valence-electron chi connectivity index (χ2n) is 17.9. The molecule has 9 nitrogen and oxygen atoms in total. The van der Waals surface area contributed by atoms with Gasteiger partial charge in [-0.25, -0.2) is 4.57 Å². The van der Waals surface area contributed by atoms with Crippen LogP contribution in [0.3, 0.4) is 0 Å². The Morgan fingerprint density at radius 2 is 0.900 bits per heavy atom. The van der Waals surface area contributed by atoms with Crippen molar-refractivity contribution in [1.29, 1.82) is 0 Å². The molecule has 4 unspecified atom stereocenters. The molecule has 0 aliphatic rings. The summed E-state index contributed by atoms with van der Waals surface area (Å²) < 4.78 is 22.2. The molecule has 4 atom stereocenters. The molecule has 0 heterocycles. The fourth-order valence-electron chi connectivity index (χ4n) is 8.00. The molecule has 358 valence electrons. The monoisotopic (exact) mass is 873 g/mol. The number of carbonyl (C=O) groups excluding carboxylic acids is 1. The lowest BCUT2D eigenvalue weighted by Gasteiger charge is -2.25. The van der Waals surface area contributed by atoms with Crippen LogP contribution in [0.25, 0.3) is 0 Å². The summed E-state index contributed by atoms with van der Waals surface area (Å²) in [5.74, 6) is -0.414. The number of hydrogen-bond acceptors (Lipinski definition) is 7. The lowest BCUT2D eigenvalue weighted by Crippen LogP contribution is -2.47. The fraction of sp³-hybridized carbons (Fsp3) is 0.940. The molecule has 60 heavy (non-hydrogen) atoms. The second-order valence-corrected chi connectivity index (χ2v) is 19.4. The summed E-state index contributed by atoms with van der Waals surface area (Å²) in [5, 5.41) is 24.3. The van der Waals surface area contributed by atoms with Gasteiger partial charge < -0.3 is 26.2 Å². The molecule has 0 aromatic rings. The molecular weight excluding hydrogens is 772 g/mol. The SMILES string of the molecule is CCCCCCCCCC/C=C\CCCCCCCC(O)CC(=O)NC(COP(=O)(O)OCCN)C(O)CCCCCCCCCCCCCCCCCCCCCCC. The van der Waals surface area contributed by atoms with Crippen molar-refractivity contribution in [3.05, 3.63) is 12.2 Å². The van der Waals surface area contributed by atoms with Crippen molar-refractivity contribution in [2.45, 2.75) is 283 Å². The minimum atomic E-state index is -4.38. The van der Waals surface area contributed by atoms with E-state index in [0.717, 1.165) is 44.9 Å². The Hall–Kier alpha value is -0.800. The lowest BCUT2D eigenvalue weighted by molar-refractivity contribution is -0.125. The lowest BCUT2D eigenvalue weighted by atomic mass is 10.0. The molecule has 0 saturated heterocycles. The number of amides is 1. The van der Waals surface area contributed by atoms with E-state index in [2.05, 4.69) is 31.3 Å². The summed E-state index contributed by atoms with van der Waals surface area (Å²) in [6.45, 7) is 4.08. The quantitative estimate of drug-likeness (QED) is 0.0230. The topological polar surface area (TPSA) is 151 Å². The van der Waals surface area contributed by atoms with E-state index >= 15 is 0 Å². The number of unbranched alkanes of at least 4 members (excludes halogenated alkanes) is 33. The van der Waals surface area contributed by atoms with Gasteiger partial charge in [0, 0.05) is 6.54 Å². The minimum Gasteiger partial charge on any atom is -0.393 e. The van der Waals surface area contributed by atoms with Crippen LogP contribution in [0.15, 0.2) is 12.2 Å². The number of carbonyl (C=O) groups is 1. The van der Waals surface area contributed by atoms with E-state index in [1.54, 1.807) is 0 Å². The van der Waals surface area contributed by atoms with Gasteiger partial charge >= 0.3 is 7.82 Å². The molecule has 0 aliphatic carbocycles. The van der Waals surface area contributed by atoms with E-state index < -0.39 is 32.0 Å². The number of phosphoric ester groups is 1. The van der Waals surface area contributed by atoms with E-state index in [1.807, 2.05) is 0 Å². The molecule has 10 heteroatoms. The number of hydrogen-bond donors (Lipinski definition) is 5. The summed E-state index contributed by atoms with van der Waals surface area (Å²) in [5.41, 5.74) is 5.39. The maximum absolute atomic E-state index is 12.9. The molecule has 0 radical (unpaired) electrons. The molecule has 0 aromatic heterocycles. The first-order valence-corrected chi connectivity index (χ1v) is 27.4. The van der Waals surface area contributed by atoms with Crippen LogP contribution in [0.5, 0.6) is 0 Å². The predicted molar refractivity (Wildman–Crippen MR) is 255 cm³/mol. The number of rotatable bonds is 49. The van der Waals surface area contributed by atoms with Crippen molar-refractivity contribution in [2.24, 2.45) is 5.73 Å². The Morgan fingerprint density at radius 3 is 1.28 bits per heavy atom. The number of nitrogens with one attached hydrogen (secondary N) is 1. The number of aliphatic hydroxyl groups excluding tert-OH is 2. The standard InChI is InChI=1S/C50H101N2O7P/c1-3-5-7-9-11-13-15-17-19-21-22-23-24-26-28-30-32-34-36-38-40-42-49(54)48(46-59-60(56,57)58-44-43-51)52-50(55)45-47(53)41-39-37-35-33-31-29-27-25-20-18-16-14-12-10-8-6-4-2/h25,27,47-49,53-54H,3-24,26,28-46,51H2,1-2H3,(H,52,55)(H,56,57)/b27-25-. The normalized spacial score (nSPS) is 14.4. The van der Waals surface area contributed by atoms with Crippen molar-refractivity contribution in [1.82, 2.24) is 5.32 Å².